The highest BCUT2D eigenvalue weighted by molar-refractivity contribution is 7.07. The van der Waals surface area contributed by atoms with Gasteiger partial charge in [0.05, 0.1) is 11.6 Å². The number of halogens is 1. The topological polar surface area (TPSA) is 42.0 Å². The first kappa shape index (κ1) is 14.7. The molecule has 2 rings (SSSR count). The largest absolute Gasteiger partial charge is 0.343 e. The van der Waals surface area contributed by atoms with Gasteiger partial charge in [0.1, 0.15) is 11.5 Å². The molecule has 106 valence electrons. The van der Waals surface area contributed by atoms with Crippen LogP contribution in [0.4, 0.5) is 4.39 Å². The quantitative estimate of drug-likeness (QED) is 0.935. The van der Waals surface area contributed by atoms with Crippen LogP contribution in [0.5, 0.6) is 0 Å². The lowest BCUT2D eigenvalue weighted by atomic mass is 9.82. The average Bonchev–Trinajstić information content (AvgIpc) is 2.89. The molecule has 1 heterocycles. The molecule has 1 aromatic carbocycles. The fraction of sp³-hybridized carbons (Fsp3) is 0.333. The van der Waals surface area contributed by atoms with Gasteiger partial charge >= 0.3 is 0 Å². The Bertz CT molecular complexity index is 573. The Morgan fingerprint density at radius 3 is 2.45 bits per heavy atom. The van der Waals surface area contributed by atoms with E-state index in [0.717, 1.165) is 5.56 Å². The van der Waals surface area contributed by atoms with Crippen LogP contribution >= 0.6 is 11.3 Å². The molecule has 20 heavy (non-hydrogen) atoms. The summed E-state index contributed by atoms with van der Waals surface area (Å²) in [5.74, 6) is -0.497. The number of hydrogen-bond acceptors (Lipinski definition) is 3. The van der Waals surface area contributed by atoms with Crippen molar-refractivity contribution >= 4 is 17.2 Å². The van der Waals surface area contributed by atoms with Crippen LogP contribution in [0, 0.1) is 11.2 Å². The summed E-state index contributed by atoms with van der Waals surface area (Å²) in [6, 6.07) is 6.00. The zero-order valence-electron chi connectivity index (χ0n) is 11.7. The van der Waals surface area contributed by atoms with Crippen molar-refractivity contribution in [1.29, 1.82) is 0 Å². The van der Waals surface area contributed by atoms with Gasteiger partial charge in [-0.2, -0.15) is 0 Å². The van der Waals surface area contributed by atoms with Gasteiger partial charge in [-0.3, -0.25) is 4.79 Å². The normalized spacial score (nSPS) is 13.0. The van der Waals surface area contributed by atoms with Crippen molar-refractivity contribution in [2.24, 2.45) is 5.41 Å². The van der Waals surface area contributed by atoms with Crippen molar-refractivity contribution in [2.75, 3.05) is 0 Å². The lowest BCUT2D eigenvalue weighted by Gasteiger charge is -2.31. The molecule has 0 bridgehead atoms. The summed E-state index contributed by atoms with van der Waals surface area (Å²) in [6.45, 7) is 6.09. The molecule has 2 aromatic rings. The van der Waals surface area contributed by atoms with Gasteiger partial charge in [0.15, 0.2) is 0 Å². The molecule has 0 saturated carbocycles. The van der Waals surface area contributed by atoms with E-state index in [9.17, 15) is 9.18 Å². The lowest BCUT2D eigenvalue weighted by Crippen LogP contribution is -2.36. The Morgan fingerprint density at radius 1 is 1.30 bits per heavy atom. The smallest absolute Gasteiger partial charge is 0.271 e. The van der Waals surface area contributed by atoms with E-state index in [0.29, 0.717) is 5.69 Å². The van der Waals surface area contributed by atoms with Crippen molar-refractivity contribution in [1.82, 2.24) is 10.3 Å². The molecular formula is C15H17FN2OS. The van der Waals surface area contributed by atoms with Crippen LogP contribution in [-0.2, 0) is 0 Å². The molecule has 5 heteroatoms. The Balaban J connectivity index is 2.25. The number of hydrogen-bond donors (Lipinski definition) is 1. The Morgan fingerprint density at radius 2 is 1.95 bits per heavy atom. The first-order valence-corrected chi connectivity index (χ1v) is 7.27. The number of aromatic nitrogens is 1. The monoisotopic (exact) mass is 292 g/mol. The van der Waals surface area contributed by atoms with E-state index in [1.807, 2.05) is 20.8 Å². The summed E-state index contributed by atoms with van der Waals surface area (Å²) in [5, 5.41) is 4.69. The van der Waals surface area contributed by atoms with Crippen LogP contribution in [0.25, 0.3) is 0 Å². The molecule has 1 atom stereocenters. The van der Waals surface area contributed by atoms with Crippen LogP contribution < -0.4 is 5.32 Å². The molecule has 1 aromatic heterocycles. The lowest BCUT2D eigenvalue weighted by molar-refractivity contribution is 0.0897. The number of thiazole rings is 1. The molecule has 0 aliphatic heterocycles. The van der Waals surface area contributed by atoms with Crippen molar-refractivity contribution in [3.05, 3.63) is 52.2 Å². The van der Waals surface area contributed by atoms with Gasteiger partial charge in [-0.1, -0.05) is 32.9 Å². The van der Waals surface area contributed by atoms with E-state index in [1.54, 1.807) is 23.0 Å². The summed E-state index contributed by atoms with van der Waals surface area (Å²) in [5.41, 5.74) is 2.72. The van der Waals surface area contributed by atoms with E-state index in [2.05, 4.69) is 10.3 Å². The minimum atomic E-state index is -0.285. The van der Waals surface area contributed by atoms with Gasteiger partial charge in [-0.25, -0.2) is 9.37 Å². The predicted molar refractivity (Wildman–Crippen MR) is 78.2 cm³/mol. The first-order valence-electron chi connectivity index (χ1n) is 6.32. The molecule has 1 N–H and O–H groups in total. The number of nitrogens with zero attached hydrogens (tertiary/aromatic N) is 1. The molecule has 0 aliphatic carbocycles. The minimum absolute atomic E-state index is 0.191. The fourth-order valence-electron chi connectivity index (χ4n) is 1.98. The summed E-state index contributed by atoms with van der Waals surface area (Å²) >= 11 is 1.38. The van der Waals surface area contributed by atoms with E-state index < -0.39 is 0 Å². The summed E-state index contributed by atoms with van der Waals surface area (Å²) in [4.78, 5) is 16.2. The van der Waals surface area contributed by atoms with Crippen LogP contribution in [0.1, 0.15) is 42.9 Å². The second-order valence-electron chi connectivity index (χ2n) is 5.70. The number of benzene rings is 1. The molecule has 1 unspecified atom stereocenters. The van der Waals surface area contributed by atoms with Crippen LogP contribution in [0.15, 0.2) is 35.2 Å². The molecule has 3 nitrogen and oxygen atoms in total. The second-order valence-corrected chi connectivity index (χ2v) is 6.42. The van der Waals surface area contributed by atoms with Gasteiger partial charge < -0.3 is 5.32 Å². The molecule has 0 spiro atoms. The van der Waals surface area contributed by atoms with Crippen LogP contribution in [0.3, 0.4) is 0 Å². The third-order valence-corrected chi connectivity index (χ3v) is 3.60. The maximum Gasteiger partial charge on any atom is 0.271 e. The van der Waals surface area contributed by atoms with Crippen molar-refractivity contribution in [2.45, 2.75) is 26.8 Å². The Hall–Kier alpha value is -1.75. The van der Waals surface area contributed by atoms with Crippen LogP contribution in [-0.4, -0.2) is 10.9 Å². The third kappa shape index (κ3) is 3.42. The maximum absolute atomic E-state index is 13.0. The Kier molecular flexibility index (Phi) is 4.18. The van der Waals surface area contributed by atoms with Crippen LogP contribution in [0.2, 0.25) is 0 Å². The number of carbonyl (C=O) groups is 1. The van der Waals surface area contributed by atoms with Gasteiger partial charge in [-0.05, 0) is 23.1 Å². The van der Waals surface area contributed by atoms with E-state index in [-0.39, 0.29) is 23.2 Å². The number of amides is 1. The number of rotatable bonds is 3. The zero-order valence-corrected chi connectivity index (χ0v) is 12.5. The summed E-state index contributed by atoms with van der Waals surface area (Å²) < 4.78 is 13.0. The molecule has 0 aliphatic rings. The highest BCUT2D eigenvalue weighted by Gasteiger charge is 2.28. The van der Waals surface area contributed by atoms with Gasteiger partial charge in [0, 0.05) is 5.38 Å². The molecule has 0 saturated heterocycles. The van der Waals surface area contributed by atoms with Gasteiger partial charge in [-0.15, -0.1) is 11.3 Å². The zero-order chi connectivity index (χ0) is 14.8. The van der Waals surface area contributed by atoms with E-state index in [1.165, 1.54) is 23.5 Å². The van der Waals surface area contributed by atoms with Crippen molar-refractivity contribution in [3.8, 4) is 0 Å². The second kappa shape index (κ2) is 5.71. The third-order valence-electron chi connectivity index (χ3n) is 3.01. The SMILES string of the molecule is CC(C)(C)C(NC(=O)c1cscn1)c1ccc(F)cc1. The summed E-state index contributed by atoms with van der Waals surface area (Å²) in [6.07, 6.45) is 0. The highest BCUT2D eigenvalue weighted by Crippen LogP contribution is 2.33. The highest BCUT2D eigenvalue weighted by atomic mass is 32.1. The summed E-state index contributed by atoms with van der Waals surface area (Å²) in [7, 11) is 0. The first-order chi connectivity index (χ1) is 9.38. The van der Waals surface area contributed by atoms with Gasteiger partial charge in [0.2, 0.25) is 0 Å². The molecular weight excluding hydrogens is 275 g/mol. The Labute approximate surface area is 121 Å². The minimum Gasteiger partial charge on any atom is -0.343 e. The number of carbonyl (C=O) groups excluding carboxylic acids is 1. The molecule has 0 radical (unpaired) electrons. The van der Waals surface area contributed by atoms with E-state index >= 15 is 0 Å². The number of nitrogens with one attached hydrogen (secondary N) is 1. The molecule has 1 amide bonds. The fourth-order valence-corrected chi connectivity index (χ4v) is 2.52. The van der Waals surface area contributed by atoms with Gasteiger partial charge in [0.25, 0.3) is 5.91 Å². The average molecular weight is 292 g/mol. The van der Waals surface area contributed by atoms with Crippen molar-refractivity contribution < 1.29 is 9.18 Å². The van der Waals surface area contributed by atoms with E-state index in [4.69, 9.17) is 0 Å². The maximum atomic E-state index is 13.0. The van der Waals surface area contributed by atoms with Crippen molar-refractivity contribution in [3.63, 3.8) is 0 Å². The standard InChI is InChI=1S/C15H17FN2OS/c1-15(2,3)13(10-4-6-11(16)7-5-10)18-14(19)12-8-20-9-17-12/h4-9,13H,1-3H3,(H,18,19). The predicted octanol–water partition coefficient (Wildman–Crippen LogP) is 3.80. The molecule has 0 fully saturated rings.